The van der Waals surface area contributed by atoms with Gasteiger partial charge in [0.2, 0.25) is 5.91 Å². The molecule has 0 bridgehead atoms. The molecule has 1 saturated carbocycles. The van der Waals surface area contributed by atoms with Crippen molar-refractivity contribution in [2.24, 2.45) is 5.92 Å². The van der Waals surface area contributed by atoms with Gasteiger partial charge in [0.25, 0.3) is 0 Å². The normalized spacial score (nSPS) is 23.9. The first-order valence-corrected chi connectivity index (χ1v) is 8.34. The Balaban J connectivity index is 1.61. The predicted octanol–water partition coefficient (Wildman–Crippen LogP) is 1.16. The summed E-state index contributed by atoms with van der Waals surface area (Å²) in [6, 6.07) is 0. The van der Waals surface area contributed by atoms with Gasteiger partial charge in [-0.15, -0.1) is 0 Å². The molecule has 21 heavy (non-hydrogen) atoms. The molecule has 122 valence electrons. The number of nitrogens with zero attached hydrogens (tertiary/aromatic N) is 1. The number of morpholine rings is 1. The number of rotatable bonds is 7. The molecule has 1 aliphatic carbocycles. The number of amides is 1. The molecule has 1 unspecified atom stereocenters. The Kier molecular flexibility index (Phi) is 6.45. The Morgan fingerprint density at radius 2 is 2.00 bits per heavy atom. The van der Waals surface area contributed by atoms with Crippen molar-refractivity contribution in [1.29, 1.82) is 0 Å². The van der Waals surface area contributed by atoms with Crippen molar-refractivity contribution in [3.63, 3.8) is 0 Å². The van der Waals surface area contributed by atoms with Gasteiger partial charge in [-0.1, -0.05) is 25.7 Å². The summed E-state index contributed by atoms with van der Waals surface area (Å²) in [5.41, 5.74) is -0.875. The van der Waals surface area contributed by atoms with Crippen molar-refractivity contribution in [3.05, 3.63) is 0 Å². The molecule has 2 N–H and O–H groups in total. The Morgan fingerprint density at radius 3 is 2.67 bits per heavy atom. The van der Waals surface area contributed by atoms with Gasteiger partial charge in [-0.3, -0.25) is 9.69 Å². The van der Waals surface area contributed by atoms with Crippen molar-refractivity contribution >= 4 is 5.91 Å². The third-order valence-corrected chi connectivity index (χ3v) is 4.59. The minimum Gasteiger partial charge on any atom is -0.387 e. The highest BCUT2D eigenvalue weighted by Crippen LogP contribution is 2.28. The van der Waals surface area contributed by atoms with Crippen LogP contribution in [-0.2, 0) is 9.53 Å². The van der Waals surface area contributed by atoms with Gasteiger partial charge in [0.15, 0.2) is 0 Å². The van der Waals surface area contributed by atoms with Crippen LogP contribution in [0.15, 0.2) is 0 Å². The van der Waals surface area contributed by atoms with Crippen molar-refractivity contribution in [2.75, 3.05) is 39.4 Å². The standard InChI is InChI=1S/C16H30N2O3/c1-16(20,13-18-8-10-21-11-9-18)12-17-15(19)7-6-14-4-2-3-5-14/h14,20H,2-13H2,1H3,(H,17,19). The summed E-state index contributed by atoms with van der Waals surface area (Å²) in [4.78, 5) is 14.1. The van der Waals surface area contributed by atoms with E-state index in [9.17, 15) is 9.90 Å². The van der Waals surface area contributed by atoms with E-state index in [1.807, 2.05) is 0 Å². The lowest BCUT2D eigenvalue weighted by molar-refractivity contribution is -0.122. The molecule has 2 fully saturated rings. The molecule has 5 nitrogen and oxygen atoms in total. The monoisotopic (exact) mass is 298 g/mol. The summed E-state index contributed by atoms with van der Waals surface area (Å²) in [5, 5.41) is 13.3. The van der Waals surface area contributed by atoms with Crippen LogP contribution in [0.4, 0.5) is 0 Å². The van der Waals surface area contributed by atoms with E-state index in [0.29, 0.717) is 19.5 Å². The van der Waals surface area contributed by atoms with Crippen LogP contribution in [0.2, 0.25) is 0 Å². The summed E-state index contributed by atoms with van der Waals surface area (Å²) >= 11 is 0. The third kappa shape index (κ3) is 6.32. The van der Waals surface area contributed by atoms with E-state index in [0.717, 1.165) is 38.6 Å². The van der Waals surface area contributed by atoms with Crippen molar-refractivity contribution in [3.8, 4) is 0 Å². The highest BCUT2D eigenvalue weighted by atomic mass is 16.5. The number of hydrogen-bond donors (Lipinski definition) is 2. The molecule has 1 atom stereocenters. The van der Waals surface area contributed by atoms with E-state index in [2.05, 4.69) is 10.2 Å². The van der Waals surface area contributed by atoms with Gasteiger partial charge in [-0.2, -0.15) is 0 Å². The largest absolute Gasteiger partial charge is 0.387 e. The molecular weight excluding hydrogens is 268 g/mol. The Morgan fingerprint density at radius 1 is 1.33 bits per heavy atom. The minimum atomic E-state index is -0.875. The summed E-state index contributed by atoms with van der Waals surface area (Å²) in [6.45, 7) is 5.86. The minimum absolute atomic E-state index is 0.0733. The Labute approximate surface area is 128 Å². The summed E-state index contributed by atoms with van der Waals surface area (Å²) in [7, 11) is 0. The lowest BCUT2D eigenvalue weighted by atomic mass is 10.0. The van der Waals surface area contributed by atoms with Crippen LogP contribution < -0.4 is 5.32 Å². The van der Waals surface area contributed by atoms with Gasteiger partial charge in [0.05, 0.1) is 18.8 Å². The van der Waals surface area contributed by atoms with Gasteiger partial charge in [-0.05, 0) is 19.3 Å². The number of carbonyl (C=O) groups excluding carboxylic acids is 1. The fourth-order valence-corrected chi connectivity index (χ4v) is 3.31. The second-order valence-corrected chi connectivity index (χ2v) is 6.85. The maximum Gasteiger partial charge on any atom is 0.220 e. The van der Waals surface area contributed by atoms with Crippen LogP contribution >= 0.6 is 0 Å². The molecule has 2 aliphatic rings. The topological polar surface area (TPSA) is 61.8 Å². The van der Waals surface area contributed by atoms with Gasteiger partial charge in [-0.25, -0.2) is 0 Å². The molecule has 0 aromatic carbocycles. The van der Waals surface area contributed by atoms with Gasteiger partial charge < -0.3 is 15.2 Å². The average molecular weight is 298 g/mol. The van der Waals surface area contributed by atoms with Crippen LogP contribution in [0.25, 0.3) is 0 Å². The van der Waals surface area contributed by atoms with Gasteiger partial charge in [0.1, 0.15) is 0 Å². The zero-order valence-electron chi connectivity index (χ0n) is 13.3. The molecule has 0 spiro atoms. The van der Waals surface area contributed by atoms with Crippen LogP contribution in [0.3, 0.4) is 0 Å². The first-order chi connectivity index (χ1) is 10.1. The van der Waals surface area contributed by atoms with E-state index in [1.54, 1.807) is 6.92 Å². The van der Waals surface area contributed by atoms with Gasteiger partial charge >= 0.3 is 0 Å². The molecule has 0 aromatic heterocycles. The second kappa shape index (κ2) is 8.11. The van der Waals surface area contributed by atoms with Gasteiger partial charge in [0, 0.05) is 32.6 Å². The summed E-state index contributed by atoms with van der Waals surface area (Å²) in [5.74, 6) is 0.814. The number of β-amino-alcohol motifs (C(OH)–C–C–N with tert-alkyl or cyclic N) is 1. The number of hydrogen-bond acceptors (Lipinski definition) is 4. The third-order valence-electron chi connectivity index (χ3n) is 4.59. The lowest BCUT2D eigenvalue weighted by Crippen LogP contribution is -2.51. The molecule has 2 rings (SSSR count). The van der Waals surface area contributed by atoms with E-state index in [1.165, 1.54) is 25.7 Å². The Bertz CT molecular complexity index is 321. The SMILES string of the molecule is CC(O)(CNC(=O)CCC1CCCC1)CN1CCOCC1. The molecule has 1 heterocycles. The van der Waals surface area contributed by atoms with Crippen molar-refractivity contribution in [2.45, 2.75) is 51.0 Å². The van der Waals surface area contributed by atoms with E-state index >= 15 is 0 Å². The van der Waals surface area contributed by atoms with Crippen LogP contribution in [0, 0.1) is 5.92 Å². The van der Waals surface area contributed by atoms with Crippen molar-refractivity contribution in [1.82, 2.24) is 10.2 Å². The van der Waals surface area contributed by atoms with Crippen LogP contribution in [-0.4, -0.2) is 60.9 Å². The predicted molar refractivity (Wildman–Crippen MR) is 82.1 cm³/mol. The fourth-order valence-electron chi connectivity index (χ4n) is 3.31. The second-order valence-electron chi connectivity index (χ2n) is 6.85. The molecule has 1 saturated heterocycles. The maximum absolute atomic E-state index is 11.9. The lowest BCUT2D eigenvalue weighted by Gasteiger charge is -2.33. The molecule has 0 radical (unpaired) electrons. The van der Waals surface area contributed by atoms with E-state index in [4.69, 9.17) is 4.74 Å². The molecule has 0 aromatic rings. The first-order valence-electron chi connectivity index (χ1n) is 8.34. The summed E-state index contributed by atoms with van der Waals surface area (Å²) in [6.07, 6.45) is 6.79. The molecule has 5 heteroatoms. The zero-order valence-corrected chi connectivity index (χ0v) is 13.3. The number of aliphatic hydroxyl groups is 1. The van der Waals surface area contributed by atoms with Crippen LogP contribution in [0.5, 0.6) is 0 Å². The van der Waals surface area contributed by atoms with E-state index < -0.39 is 5.60 Å². The molecular formula is C16H30N2O3. The Hall–Kier alpha value is -0.650. The highest BCUT2D eigenvalue weighted by Gasteiger charge is 2.26. The summed E-state index contributed by atoms with van der Waals surface area (Å²) < 4.78 is 5.30. The number of carbonyl (C=O) groups is 1. The van der Waals surface area contributed by atoms with E-state index in [-0.39, 0.29) is 5.91 Å². The highest BCUT2D eigenvalue weighted by molar-refractivity contribution is 5.75. The zero-order chi connectivity index (χ0) is 15.1. The average Bonchev–Trinajstić information content (AvgIpc) is 2.97. The number of nitrogens with one attached hydrogen (secondary N) is 1. The number of ether oxygens (including phenoxy) is 1. The smallest absolute Gasteiger partial charge is 0.220 e. The van der Waals surface area contributed by atoms with Crippen molar-refractivity contribution < 1.29 is 14.6 Å². The molecule has 1 aliphatic heterocycles. The first kappa shape index (κ1) is 16.7. The molecule has 1 amide bonds. The quantitative estimate of drug-likeness (QED) is 0.740. The maximum atomic E-state index is 11.9. The fraction of sp³-hybridized carbons (Fsp3) is 0.938. The van der Waals surface area contributed by atoms with Crippen LogP contribution in [0.1, 0.15) is 45.4 Å².